The molecule has 1 aliphatic carbocycles. The molecule has 2 amide bonds. The predicted molar refractivity (Wildman–Crippen MR) is 75.9 cm³/mol. The van der Waals surface area contributed by atoms with Crippen LogP contribution < -0.4 is 5.32 Å². The van der Waals surface area contributed by atoms with E-state index in [1.54, 1.807) is 18.7 Å². The molecule has 0 aromatic carbocycles. The second-order valence-corrected chi connectivity index (χ2v) is 6.80. The minimum Gasteiger partial charge on any atom is -0.480 e. The molecule has 1 aliphatic heterocycles. The first kappa shape index (κ1) is 13.6. The van der Waals surface area contributed by atoms with Crippen LogP contribution in [-0.4, -0.2) is 48.5 Å². The quantitative estimate of drug-likeness (QED) is 0.880. The molecule has 9 heteroatoms. The average molecular weight is 314 g/mol. The van der Waals surface area contributed by atoms with Gasteiger partial charge in [0.25, 0.3) is 0 Å². The van der Waals surface area contributed by atoms with Gasteiger partial charge in [0.1, 0.15) is 11.9 Å². The minimum absolute atomic E-state index is 0.0369. The molecule has 0 spiro atoms. The maximum Gasteiger partial charge on any atom is 0.327 e. The Bertz CT molecular complexity index is 546. The maximum atomic E-state index is 12.4. The molecule has 1 aromatic heterocycles. The maximum absolute atomic E-state index is 12.4. The monoisotopic (exact) mass is 314 g/mol. The lowest BCUT2D eigenvalue weighted by Crippen LogP contribution is -2.48. The fourth-order valence-electron chi connectivity index (χ4n) is 2.22. The van der Waals surface area contributed by atoms with Crippen LogP contribution in [0.5, 0.6) is 0 Å². The van der Waals surface area contributed by atoms with Crippen molar-refractivity contribution in [3.8, 4) is 0 Å². The van der Waals surface area contributed by atoms with Crippen molar-refractivity contribution in [2.75, 3.05) is 11.1 Å². The summed E-state index contributed by atoms with van der Waals surface area (Å²) in [6, 6.07) is -1.16. The highest BCUT2D eigenvalue weighted by atomic mass is 32.2. The van der Waals surface area contributed by atoms with Gasteiger partial charge in [0.05, 0.1) is 5.37 Å². The Morgan fingerprint density at radius 2 is 2.20 bits per heavy atom. The number of amides is 2. The van der Waals surface area contributed by atoms with Crippen molar-refractivity contribution in [3.05, 3.63) is 5.82 Å². The summed E-state index contributed by atoms with van der Waals surface area (Å²) < 4.78 is 3.99. The lowest BCUT2D eigenvalue weighted by Gasteiger charge is -2.26. The first-order chi connectivity index (χ1) is 9.56. The topological polar surface area (TPSA) is 95.4 Å². The fraction of sp³-hybridized carbons (Fsp3) is 0.636. The van der Waals surface area contributed by atoms with E-state index in [1.165, 1.54) is 4.90 Å². The van der Waals surface area contributed by atoms with Crippen LogP contribution in [-0.2, 0) is 4.79 Å². The van der Waals surface area contributed by atoms with Crippen molar-refractivity contribution in [1.29, 1.82) is 0 Å². The lowest BCUT2D eigenvalue weighted by molar-refractivity contribution is -0.141. The number of anilines is 1. The normalized spacial score (nSPS) is 25.8. The van der Waals surface area contributed by atoms with Gasteiger partial charge in [0, 0.05) is 17.3 Å². The summed E-state index contributed by atoms with van der Waals surface area (Å²) in [5, 5.41) is 12.3. The number of hydrogen-bond acceptors (Lipinski definition) is 6. The third-order valence-corrected chi connectivity index (χ3v) is 5.50. The van der Waals surface area contributed by atoms with E-state index in [0.29, 0.717) is 22.6 Å². The number of carbonyl (C=O) groups is 2. The molecular weight excluding hydrogens is 300 g/mol. The largest absolute Gasteiger partial charge is 0.480 e. The van der Waals surface area contributed by atoms with Crippen LogP contribution in [0.4, 0.5) is 9.93 Å². The van der Waals surface area contributed by atoms with Crippen molar-refractivity contribution >= 4 is 40.4 Å². The molecule has 2 unspecified atom stereocenters. The van der Waals surface area contributed by atoms with Gasteiger partial charge in [-0.15, -0.1) is 11.8 Å². The molecule has 1 saturated carbocycles. The third-order valence-electron chi connectivity index (χ3n) is 3.32. The molecule has 1 saturated heterocycles. The zero-order chi connectivity index (χ0) is 14.3. The molecule has 7 nitrogen and oxygen atoms in total. The predicted octanol–water partition coefficient (Wildman–Crippen LogP) is 1.62. The molecule has 2 fully saturated rings. The standard InChI is InChI=1S/C11H14N4O3S2/c1-5-12-10(20-14-5)13-11(18)15-7(9(16)17)4-19-8(15)6-2-3-6/h6-8H,2-4H2,1H3,(H,16,17)(H,12,13,14,18). The number of rotatable bonds is 3. The first-order valence-electron chi connectivity index (χ1n) is 6.30. The van der Waals surface area contributed by atoms with Crippen molar-refractivity contribution in [2.24, 2.45) is 5.92 Å². The summed E-state index contributed by atoms with van der Waals surface area (Å²) in [4.78, 5) is 29.2. The molecule has 1 aromatic rings. The van der Waals surface area contributed by atoms with Crippen LogP contribution >= 0.6 is 23.3 Å². The number of hydrogen-bond donors (Lipinski definition) is 2. The lowest BCUT2D eigenvalue weighted by atomic mass is 10.2. The molecule has 2 N–H and O–H groups in total. The van der Waals surface area contributed by atoms with Crippen molar-refractivity contribution in [2.45, 2.75) is 31.2 Å². The number of carbonyl (C=O) groups excluding carboxylic acids is 1. The Morgan fingerprint density at radius 1 is 1.45 bits per heavy atom. The van der Waals surface area contributed by atoms with E-state index in [0.717, 1.165) is 24.4 Å². The number of urea groups is 1. The van der Waals surface area contributed by atoms with Crippen LogP contribution in [0, 0.1) is 12.8 Å². The van der Waals surface area contributed by atoms with Gasteiger partial charge in [-0.2, -0.15) is 4.37 Å². The Hall–Kier alpha value is -1.35. The Morgan fingerprint density at radius 3 is 2.75 bits per heavy atom. The molecule has 108 valence electrons. The van der Waals surface area contributed by atoms with Crippen molar-refractivity contribution < 1.29 is 14.7 Å². The van der Waals surface area contributed by atoms with Gasteiger partial charge in [-0.25, -0.2) is 14.6 Å². The highest BCUT2D eigenvalue weighted by molar-refractivity contribution is 8.00. The zero-order valence-corrected chi connectivity index (χ0v) is 12.4. The SMILES string of the molecule is Cc1nsc(NC(=O)N2C(C(=O)O)CSC2C2CC2)n1. The molecule has 0 bridgehead atoms. The smallest absolute Gasteiger partial charge is 0.327 e. The Balaban J connectivity index is 1.76. The fourth-order valence-corrected chi connectivity index (χ4v) is 4.42. The second-order valence-electron chi connectivity index (χ2n) is 4.90. The summed E-state index contributed by atoms with van der Waals surface area (Å²) in [6.07, 6.45) is 2.12. The Labute approximate surface area is 123 Å². The number of nitrogens with zero attached hydrogens (tertiary/aromatic N) is 3. The van der Waals surface area contributed by atoms with Gasteiger partial charge >= 0.3 is 12.0 Å². The highest BCUT2D eigenvalue weighted by Gasteiger charge is 2.48. The number of aliphatic carboxylic acids is 1. The van der Waals surface area contributed by atoms with Crippen LogP contribution in [0.25, 0.3) is 0 Å². The van der Waals surface area contributed by atoms with Gasteiger partial charge in [0.2, 0.25) is 5.13 Å². The van der Waals surface area contributed by atoms with E-state index in [4.69, 9.17) is 0 Å². The zero-order valence-electron chi connectivity index (χ0n) is 10.8. The number of aromatic nitrogens is 2. The van der Waals surface area contributed by atoms with E-state index in [1.807, 2.05) is 0 Å². The number of thioether (sulfide) groups is 1. The average Bonchev–Trinajstić information content (AvgIpc) is 3.00. The molecule has 0 radical (unpaired) electrons. The van der Waals surface area contributed by atoms with Crippen LogP contribution in [0.1, 0.15) is 18.7 Å². The molecule has 2 atom stereocenters. The van der Waals surface area contributed by atoms with E-state index in [-0.39, 0.29) is 5.37 Å². The van der Waals surface area contributed by atoms with Gasteiger partial charge in [-0.05, 0) is 25.7 Å². The van der Waals surface area contributed by atoms with Crippen LogP contribution in [0.2, 0.25) is 0 Å². The van der Waals surface area contributed by atoms with E-state index in [9.17, 15) is 14.7 Å². The number of aryl methyl sites for hydroxylation is 1. The summed E-state index contributed by atoms with van der Waals surface area (Å²) in [7, 11) is 0. The van der Waals surface area contributed by atoms with Crippen molar-refractivity contribution in [1.82, 2.24) is 14.3 Å². The highest BCUT2D eigenvalue weighted by Crippen LogP contribution is 2.45. The number of nitrogens with one attached hydrogen (secondary N) is 1. The van der Waals surface area contributed by atoms with Gasteiger partial charge in [-0.3, -0.25) is 10.2 Å². The molecule has 2 heterocycles. The molecule has 3 rings (SSSR count). The Kier molecular flexibility index (Phi) is 3.55. The number of carboxylic acid groups (broad SMARTS) is 1. The summed E-state index contributed by atoms with van der Waals surface area (Å²) >= 11 is 2.65. The van der Waals surface area contributed by atoms with Gasteiger partial charge in [0.15, 0.2) is 0 Å². The van der Waals surface area contributed by atoms with Crippen LogP contribution in [0.15, 0.2) is 0 Å². The second kappa shape index (κ2) is 5.21. The number of carboxylic acids is 1. The van der Waals surface area contributed by atoms with Gasteiger partial charge < -0.3 is 5.11 Å². The van der Waals surface area contributed by atoms with E-state index < -0.39 is 18.0 Å². The molecular formula is C11H14N4O3S2. The van der Waals surface area contributed by atoms with Crippen LogP contribution in [0.3, 0.4) is 0 Å². The van der Waals surface area contributed by atoms with E-state index in [2.05, 4.69) is 14.7 Å². The summed E-state index contributed by atoms with van der Waals surface area (Å²) in [5.74, 6) is 0.504. The van der Waals surface area contributed by atoms with E-state index >= 15 is 0 Å². The minimum atomic E-state index is -0.954. The third kappa shape index (κ3) is 2.59. The first-order valence-corrected chi connectivity index (χ1v) is 8.12. The summed E-state index contributed by atoms with van der Waals surface area (Å²) in [5.41, 5.74) is 0. The van der Waals surface area contributed by atoms with Crippen molar-refractivity contribution in [3.63, 3.8) is 0 Å². The molecule has 2 aliphatic rings. The summed E-state index contributed by atoms with van der Waals surface area (Å²) in [6.45, 7) is 1.74. The van der Waals surface area contributed by atoms with Gasteiger partial charge in [-0.1, -0.05) is 0 Å². The molecule has 20 heavy (non-hydrogen) atoms.